The molecule has 15 heavy (non-hydrogen) atoms. The first-order valence-electron chi connectivity index (χ1n) is 4.36. The molecule has 2 aromatic rings. The Bertz CT molecular complexity index is 417. The van der Waals surface area contributed by atoms with Crippen molar-refractivity contribution in [1.82, 2.24) is 4.98 Å². The summed E-state index contributed by atoms with van der Waals surface area (Å²) in [5, 5.41) is 0. The summed E-state index contributed by atoms with van der Waals surface area (Å²) in [6.07, 6.45) is 1.66. The third-order valence-corrected chi connectivity index (χ3v) is 1.98. The van der Waals surface area contributed by atoms with E-state index in [-0.39, 0.29) is 51.4 Å². The van der Waals surface area contributed by atoms with Gasteiger partial charge in [0.2, 0.25) is 0 Å². The molecule has 0 saturated carbocycles. The quantitative estimate of drug-likeness (QED) is 0.509. The van der Waals surface area contributed by atoms with Gasteiger partial charge in [0.05, 0.1) is 7.11 Å². The average Bonchev–Trinajstić information content (AvgIpc) is 2.30. The maximum atomic E-state index is 5.14. The molecule has 0 radical (unpaired) electrons. The van der Waals surface area contributed by atoms with Crippen LogP contribution in [0.15, 0.2) is 42.6 Å². The molecule has 0 unspecified atom stereocenters. The minimum atomic E-state index is 0. The number of ether oxygens (including phenoxy) is 1. The van der Waals surface area contributed by atoms with Crippen molar-refractivity contribution in [2.75, 3.05) is 7.11 Å². The molecule has 0 aliphatic rings. The largest absolute Gasteiger partial charge is 1.00 e. The van der Waals surface area contributed by atoms with E-state index in [1.165, 1.54) is 0 Å². The third kappa shape index (κ3) is 3.40. The van der Waals surface area contributed by atoms with Crippen molar-refractivity contribution >= 4 is 0 Å². The van der Waals surface area contributed by atoms with Crippen LogP contribution in [0, 0.1) is 6.07 Å². The van der Waals surface area contributed by atoms with Gasteiger partial charge in [0.1, 0.15) is 5.75 Å². The van der Waals surface area contributed by atoms with E-state index in [9.17, 15) is 0 Å². The predicted molar refractivity (Wildman–Crippen MR) is 55.1 cm³/mol. The number of pyridine rings is 1. The van der Waals surface area contributed by atoms with Gasteiger partial charge in [0.25, 0.3) is 0 Å². The summed E-state index contributed by atoms with van der Waals surface area (Å²) in [6, 6.07) is 14.5. The second-order valence-electron chi connectivity index (χ2n) is 2.88. The van der Waals surface area contributed by atoms with Crippen LogP contribution in [0.25, 0.3) is 11.3 Å². The van der Waals surface area contributed by atoms with Gasteiger partial charge >= 0.3 is 51.4 Å². The molecule has 0 fully saturated rings. The summed E-state index contributed by atoms with van der Waals surface area (Å²) in [4.78, 5) is 4.21. The van der Waals surface area contributed by atoms with E-state index in [0.717, 1.165) is 17.0 Å². The molecule has 0 spiro atoms. The SMILES string of the molecule is COc1cccc(-c2cc[c-]cn2)c1.[K+]. The Morgan fingerprint density at radius 3 is 2.80 bits per heavy atom. The van der Waals surface area contributed by atoms with Gasteiger partial charge in [-0.3, -0.25) is 4.98 Å². The van der Waals surface area contributed by atoms with Crippen molar-refractivity contribution in [3.05, 3.63) is 48.7 Å². The van der Waals surface area contributed by atoms with Gasteiger partial charge in [-0.25, -0.2) is 12.1 Å². The molecule has 1 heterocycles. The molecule has 0 N–H and O–H groups in total. The number of aromatic nitrogens is 1. The van der Waals surface area contributed by atoms with Crippen molar-refractivity contribution in [2.45, 2.75) is 0 Å². The smallest absolute Gasteiger partial charge is 0.497 e. The Kier molecular flexibility index (Phi) is 5.49. The molecule has 2 rings (SSSR count). The summed E-state index contributed by atoms with van der Waals surface area (Å²) in [5.41, 5.74) is 1.99. The van der Waals surface area contributed by atoms with Crippen LogP contribution in [0.4, 0.5) is 0 Å². The van der Waals surface area contributed by atoms with Gasteiger partial charge in [-0.1, -0.05) is 18.3 Å². The molecule has 70 valence electrons. The molecule has 2 nitrogen and oxygen atoms in total. The molecule has 1 aromatic heterocycles. The second kappa shape index (κ2) is 6.40. The number of hydrogen-bond acceptors (Lipinski definition) is 2. The Morgan fingerprint density at radius 2 is 2.13 bits per heavy atom. The molecule has 3 heteroatoms. The molecule has 0 bridgehead atoms. The zero-order valence-electron chi connectivity index (χ0n) is 8.90. The fourth-order valence-electron chi connectivity index (χ4n) is 1.27. The van der Waals surface area contributed by atoms with Gasteiger partial charge in [-0.2, -0.15) is 6.07 Å². The van der Waals surface area contributed by atoms with Crippen LogP contribution in [0.2, 0.25) is 0 Å². The molecule has 1 aromatic carbocycles. The van der Waals surface area contributed by atoms with Crippen LogP contribution in [0.1, 0.15) is 0 Å². The average molecular weight is 223 g/mol. The van der Waals surface area contributed by atoms with E-state index < -0.39 is 0 Å². The topological polar surface area (TPSA) is 22.1 Å². The number of hydrogen-bond donors (Lipinski definition) is 0. The summed E-state index contributed by atoms with van der Waals surface area (Å²) in [7, 11) is 1.66. The monoisotopic (exact) mass is 223 g/mol. The van der Waals surface area contributed by atoms with Crippen LogP contribution in [-0.4, -0.2) is 12.1 Å². The fourth-order valence-corrected chi connectivity index (χ4v) is 1.27. The fraction of sp³-hybridized carbons (Fsp3) is 0.0833. The van der Waals surface area contributed by atoms with Gasteiger partial charge < -0.3 is 4.74 Å². The molecule has 0 atom stereocenters. The first-order valence-corrected chi connectivity index (χ1v) is 4.36. The standard InChI is InChI=1S/C12H10NO.K/c1-14-11-6-4-5-10(9-11)12-7-2-3-8-13-12;/h2,4-9H,1H3;/q-1;+1. The number of benzene rings is 1. The number of rotatable bonds is 2. The summed E-state index contributed by atoms with van der Waals surface area (Å²) < 4.78 is 5.14. The minimum Gasteiger partial charge on any atom is -0.497 e. The molecule has 0 aliphatic carbocycles. The maximum Gasteiger partial charge on any atom is 1.00 e. The molecule has 0 aliphatic heterocycles. The normalized spacial score (nSPS) is 9.13. The summed E-state index contributed by atoms with van der Waals surface area (Å²) >= 11 is 0. The van der Waals surface area contributed by atoms with E-state index >= 15 is 0 Å². The van der Waals surface area contributed by atoms with Gasteiger partial charge in [-0.15, -0.1) is 0 Å². The van der Waals surface area contributed by atoms with Crippen molar-refractivity contribution in [3.8, 4) is 17.0 Å². The van der Waals surface area contributed by atoms with Crippen molar-refractivity contribution in [3.63, 3.8) is 0 Å². The zero-order valence-corrected chi connectivity index (χ0v) is 12.0. The molecular formula is C12H10KNO. The number of methoxy groups -OCH3 is 1. The van der Waals surface area contributed by atoms with Crippen LogP contribution in [0.3, 0.4) is 0 Å². The van der Waals surface area contributed by atoms with Gasteiger partial charge in [0, 0.05) is 0 Å². The van der Waals surface area contributed by atoms with E-state index in [1.807, 2.05) is 36.4 Å². The third-order valence-electron chi connectivity index (χ3n) is 1.98. The Labute approximate surface area is 132 Å². The van der Waals surface area contributed by atoms with Crippen molar-refractivity contribution < 1.29 is 56.1 Å². The van der Waals surface area contributed by atoms with Crippen molar-refractivity contribution in [2.24, 2.45) is 0 Å². The number of nitrogens with zero attached hydrogens (tertiary/aromatic N) is 1. The van der Waals surface area contributed by atoms with Crippen LogP contribution in [0.5, 0.6) is 5.75 Å². The Balaban J connectivity index is 0.00000112. The molecular weight excluding hydrogens is 213 g/mol. The van der Waals surface area contributed by atoms with Crippen LogP contribution in [-0.2, 0) is 0 Å². The van der Waals surface area contributed by atoms with Gasteiger partial charge in [0.15, 0.2) is 0 Å². The minimum absolute atomic E-state index is 0. The molecule has 0 saturated heterocycles. The van der Waals surface area contributed by atoms with Crippen molar-refractivity contribution in [1.29, 1.82) is 0 Å². The zero-order chi connectivity index (χ0) is 9.80. The first-order chi connectivity index (χ1) is 6.90. The van der Waals surface area contributed by atoms with Crippen LogP contribution < -0.4 is 56.1 Å². The predicted octanol–water partition coefficient (Wildman–Crippen LogP) is -0.439. The first kappa shape index (κ1) is 12.9. The summed E-state index contributed by atoms with van der Waals surface area (Å²) in [5.74, 6) is 0.845. The molecule has 0 amide bonds. The van der Waals surface area contributed by atoms with Gasteiger partial charge in [-0.05, 0) is 23.4 Å². The van der Waals surface area contributed by atoms with Crippen LogP contribution >= 0.6 is 0 Å². The van der Waals surface area contributed by atoms with E-state index in [0.29, 0.717) is 0 Å². The second-order valence-corrected chi connectivity index (χ2v) is 2.88. The Morgan fingerprint density at radius 1 is 1.27 bits per heavy atom. The summed E-state index contributed by atoms with van der Waals surface area (Å²) in [6.45, 7) is 0. The van der Waals surface area contributed by atoms with E-state index in [1.54, 1.807) is 13.3 Å². The van der Waals surface area contributed by atoms with E-state index in [4.69, 9.17) is 4.74 Å². The Hall–Kier alpha value is -0.194. The van der Waals surface area contributed by atoms with E-state index in [2.05, 4.69) is 11.1 Å². The maximum absolute atomic E-state index is 5.14.